The van der Waals surface area contributed by atoms with Crippen molar-refractivity contribution in [3.63, 3.8) is 0 Å². The lowest BCUT2D eigenvalue weighted by atomic mass is 10.0. The molecule has 82 valence electrons. The van der Waals surface area contributed by atoms with Crippen molar-refractivity contribution >= 4 is 11.5 Å². The van der Waals surface area contributed by atoms with Gasteiger partial charge in [-0.25, -0.2) is 4.98 Å². The Balaban J connectivity index is 1.96. The van der Waals surface area contributed by atoms with Gasteiger partial charge in [-0.3, -0.25) is 0 Å². The first kappa shape index (κ1) is 10.3. The van der Waals surface area contributed by atoms with E-state index in [0.717, 1.165) is 23.6 Å². The van der Waals surface area contributed by atoms with Crippen LogP contribution in [0.3, 0.4) is 0 Å². The van der Waals surface area contributed by atoms with E-state index in [1.807, 2.05) is 13.0 Å². The van der Waals surface area contributed by atoms with Crippen molar-refractivity contribution in [1.82, 2.24) is 4.98 Å². The van der Waals surface area contributed by atoms with Crippen molar-refractivity contribution in [3.8, 4) is 0 Å². The zero-order valence-corrected chi connectivity index (χ0v) is 9.51. The predicted molar refractivity (Wildman–Crippen MR) is 63.8 cm³/mol. The van der Waals surface area contributed by atoms with Crippen LogP contribution in [0.15, 0.2) is 12.3 Å². The van der Waals surface area contributed by atoms with Crippen molar-refractivity contribution in [2.24, 2.45) is 5.41 Å². The summed E-state index contributed by atoms with van der Waals surface area (Å²) in [5, 5.41) is 3.40. The van der Waals surface area contributed by atoms with Crippen molar-refractivity contribution in [1.29, 1.82) is 0 Å². The summed E-state index contributed by atoms with van der Waals surface area (Å²) in [7, 11) is 0. The summed E-state index contributed by atoms with van der Waals surface area (Å²) in [5.74, 6) is 0.946. The van der Waals surface area contributed by atoms with Gasteiger partial charge in [0.15, 0.2) is 0 Å². The lowest BCUT2D eigenvalue weighted by Gasteiger charge is -2.14. The SMILES string of the molecule is CCC1(CNc2cc(C)c(N)cn2)CC1. The van der Waals surface area contributed by atoms with Crippen LogP contribution in [0.4, 0.5) is 11.5 Å². The molecule has 2 rings (SSSR count). The second-order valence-electron chi connectivity index (χ2n) is 4.63. The molecule has 0 radical (unpaired) electrons. The maximum absolute atomic E-state index is 5.72. The molecule has 1 aliphatic rings. The van der Waals surface area contributed by atoms with Crippen LogP contribution in [0.5, 0.6) is 0 Å². The molecule has 0 bridgehead atoms. The van der Waals surface area contributed by atoms with E-state index in [1.54, 1.807) is 6.20 Å². The van der Waals surface area contributed by atoms with Gasteiger partial charge in [0.25, 0.3) is 0 Å². The van der Waals surface area contributed by atoms with E-state index in [4.69, 9.17) is 5.73 Å². The molecule has 0 aliphatic heterocycles. The number of pyridine rings is 1. The number of nitrogens with one attached hydrogen (secondary N) is 1. The fourth-order valence-electron chi connectivity index (χ4n) is 1.77. The molecule has 1 aliphatic carbocycles. The van der Waals surface area contributed by atoms with Gasteiger partial charge in [0.2, 0.25) is 0 Å². The third-order valence-electron chi connectivity index (χ3n) is 3.50. The summed E-state index contributed by atoms with van der Waals surface area (Å²) in [6, 6.07) is 2.01. The molecule has 1 aromatic rings. The molecule has 15 heavy (non-hydrogen) atoms. The van der Waals surface area contributed by atoms with Gasteiger partial charge in [-0.05, 0) is 43.2 Å². The van der Waals surface area contributed by atoms with Crippen LogP contribution >= 0.6 is 0 Å². The maximum Gasteiger partial charge on any atom is 0.126 e. The molecular formula is C12H19N3. The third-order valence-corrected chi connectivity index (χ3v) is 3.50. The van der Waals surface area contributed by atoms with Crippen LogP contribution in [0, 0.1) is 12.3 Å². The molecule has 1 saturated carbocycles. The van der Waals surface area contributed by atoms with Crippen molar-refractivity contribution < 1.29 is 0 Å². The molecule has 1 aromatic heterocycles. The van der Waals surface area contributed by atoms with Gasteiger partial charge in [0.05, 0.1) is 11.9 Å². The number of nitrogens with zero attached hydrogens (tertiary/aromatic N) is 1. The fraction of sp³-hybridized carbons (Fsp3) is 0.583. The van der Waals surface area contributed by atoms with Crippen molar-refractivity contribution in [2.75, 3.05) is 17.6 Å². The van der Waals surface area contributed by atoms with Crippen LogP contribution in [-0.4, -0.2) is 11.5 Å². The number of aromatic nitrogens is 1. The van der Waals surface area contributed by atoms with E-state index in [1.165, 1.54) is 19.3 Å². The lowest BCUT2D eigenvalue weighted by Crippen LogP contribution is -2.15. The van der Waals surface area contributed by atoms with Crippen molar-refractivity contribution in [2.45, 2.75) is 33.1 Å². The Morgan fingerprint density at radius 3 is 2.80 bits per heavy atom. The van der Waals surface area contributed by atoms with Gasteiger partial charge in [0.1, 0.15) is 5.82 Å². The Kier molecular flexibility index (Phi) is 2.55. The van der Waals surface area contributed by atoms with Gasteiger partial charge in [-0.1, -0.05) is 6.92 Å². The summed E-state index contributed by atoms with van der Waals surface area (Å²) in [4.78, 5) is 4.27. The second kappa shape index (κ2) is 3.72. The Bertz CT molecular complexity index is 356. The van der Waals surface area contributed by atoms with Gasteiger partial charge >= 0.3 is 0 Å². The minimum absolute atomic E-state index is 0.553. The summed E-state index contributed by atoms with van der Waals surface area (Å²) in [6.07, 6.45) is 5.69. The molecular weight excluding hydrogens is 186 g/mol. The van der Waals surface area contributed by atoms with Crippen molar-refractivity contribution in [3.05, 3.63) is 17.8 Å². The number of hydrogen-bond donors (Lipinski definition) is 2. The molecule has 0 spiro atoms. The summed E-state index contributed by atoms with van der Waals surface area (Å²) in [6.45, 7) is 5.31. The normalized spacial score (nSPS) is 17.5. The van der Waals surface area contributed by atoms with Crippen LogP contribution < -0.4 is 11.1 Å². The highest BCUT2D eigenvalue weighted by Gasteiger charge is 2.40. The lowest BCUT2D eigenvalue weighted by molar-refractivity contribution is 0.521. The highest BCUT2D eigenvalue weighted by atomic mass is 15.0. The Morgan fingerprint density at radius 1 is 1.53 bits per heavy atom. The first-order valence-electron chi connectivity index (χ1n) is 5.61. The number of aryl methyl sites for hydroxylation is 1. The molecule has 3 heteroatoms. The zero-order valence-electron chi connectivity index (χ0n) is 9.51. The van der Waals surface area contributed by atoms with E-state index < -0.39 is 0 Å². The first-order valence-corrected chi connectivity index (χ1v) is 5.61. The number of nitrogens with two attached hydrogens (primary N) is 1. The molecule has 0 amide bonds. The fourth-order valence-corrected chi connectivity index (χ4v) is 1.77. The number of hydrogen-bond acceptors (Lipinski definition) is 3. The standard InChI is InChI=1S/C12H19N3/c1-3-12(4-5-12)8-15-11-6-9(2)10(13)7-14-11/h6-7H,3-5,8,13H2,1-2H3,(H,14,15). The van der Waals surface area contributed by atoms with Crippen LogP contribution in [0.1, 0.15) is 31.7 Å². The zero-order chi connectivity index (χ0) is 10.9. The maximum atomic E-state index is 5.72. The minimum atomic E-state index is 0.553. The summed E-state index contributed by atoms with van der Waals surface area (Å²) < 4.78 is 0. The van der Waals surface area contributed by atoms with E-state index in [9.17, 15) is 0 Å². The van der Waals surface area contributed by atoms with Crippen LogP contribution in [0.2, 0.25) is 0 Å². The van der Waals surface area contributed by atoms with Crippen LogP contribution in [0.25, 0.3) is 0 Å². The van der Waals surface area contributed by atoms with E-state index >= 15 is 0 Å². The molecule has 3 N–H and O–H groups in total. The average molecular weight is 205 g/mol. The second-order valence-corrected chi connectivity index (χ2v) is 4.63. The Labute approximate surface area is 91.1 Å². The van der Waals surface area contributed by atoms with E-state index in [-0.39, 0.29) is 0 Å². The predicted octanol–water partition coefficient (Wildman–Crippen LogP) is 2.57. The third kappa shape index (κ3) is 2.22. The smallest absolute Gasteiger partial charge is 0.126 e. The topological polar surface area (TPSA) is 50.9 Å². The summed E-state index contributed by atoms with van der Waals surface area (Å²) >= 11 is 0. The Morgan fingerprint density at radius 2 is 2.27 bits per heavy atom. The van der Waals surface area contributed by atoms with Gasteiger partial charge in [-0.15, -0.1) is 0 Å². The van der Waals surface area contributed by atoms with E-state index in [0.29, 0.717) is 5.41 Å². The average Bonchev–Trinajstić information content (AvgIpc) is 3.01. The molecule has 0 aromatic carbocycles. The number of rotatable bonds is 4. The Hall–Kier alpha value is -1.25. The molecule has 0 unspecified atom stereocenters. The molecule has 1 fully saturated rings. The monoisotopic (exact) mass is 205 g/mol. The quantitative estimate of drug-likeness (QED) is 0.794. The molecule has 0 saturated heterocycles. The number of nitrogen functional groups attached to an aromatic ring is 1. The first-order chi connectivity index (χ1) is 7.15. The molecule has 1 heterocycles. The van der Waals surface area contributed by atoms with E-state index in [2.05, 4.69) is 17.2 Å². The molecule has 3 nitrogen and oxygen atoms in total. The number of anilines is 2. The highest BCUT2D eigenvalue weighted by Crippen LogP contribution is 2.48. The van der Waals surface area contributed by atoms with Gasteiger partial charge in [0, 0.05) is 6.54 Å². The minimum Gasteiger partial charge on any atom is -0.397 e. The van der Waals surface area contributed by atoms with Gasteiger partial charge in [-0.2, -0.15) is 0 Å². The van der Waals surface area contributed by atoms with Gasteiger partial charge < -0.3 is 11.1 Å². The summed E-state index contributed by atoms with van der Waals surface area (Å²) in [5.41, 5.74) is 8.12. The van der Waals surface area contributed by atoms with Crippen LogP contribution in [-0.2, 0) is 0 Å². The highest BCUT2D eigenvalue weighted by molar-refractivity contribution is 5.50. The molecule has 0 atom stereocenters. The largest absolute Gasteiger partial charge is 0.397 e.